The van der Waals surface area contributed by atoms with Gasteiger partial charge >= 0.3 is 5.69 Å². The van der Waals surface area contributed by atoms with Gasteiger partial charge in [0.1, 0.15) is 24.8 Å². The Morgan fingerprint density at radius 1 is 1.35 bits per heavy atom. The van der Waals surface area contributed by atoms with Gasteiger partial charge in [-0.15, -0.1) is 0 Å². The minimum absolute atomic E-state index is 0.0837. The van der Waals surface area contributed by atoms with Gasteiger partial charge in [0, 0.05) is 7.05 Å². The van der Waals surface area contributed by atoms with Crippen molar-refractivity contribution in [2.75, 3.05) is 5.73 Å². The van der Waals surface area contributed by atoms with E-state index in [1.807, 2.05) is 0 Å². The summed E-state index contributed by atoms with van der Waals surface area (Å²) >= 11 is 0. The molecule has 10 nitrogen and oxygen atoms in total. The fourth-order valence-electron chi connectivity index (χ4n) is 1.84. The second-order valence-corrected chi connectivity index (χ2v) is 4.18. The average molecular weight is 274 g/mol. The molecule has 0 spiro atoms. The normalized spacial score (nSPS) is 11.1. The second-order valence-electron chi connectivity index (χ2n) is 4.18. The molecule has 0 aliphatic carbocycles. The van der Waals surface area contributed by atoms with Gasteiger partial charge in [0.15, 0.2) is 11.5 Å². The van der Waals surface area contributed by atoms with Gasteiger partial charge in [0.05, 0.1) is 16.5 Å². The summed E-state index contributed by atoms with van der Waals surface area (Å²) in [6, 6.07) is 0. The number of hydrogen-bond donors (Lipinski definition) is 1. The molecule has 3 rings (SSSR count). The van der Waals surface area contributed by atoms with Crippen LogP contribution in [0.25, 0.3) is 11.0 Å². The number of aryl methyl sites for hydroxylation is 1. The molecule has 102 valence electrons. The zero-order valence-electron chi connectivity index (χ0n) is 10.5. The third-order valence-electron chi connectivity index (χ3n) is 2.80. The smallest absolute Gasteiger partial charge is 0.307 e. The predicted molar refractivity (Wildman–Crippen MR) is 68.7 cm³/mol. The number of rotatable bonds is 3. The largest absolute Gasteiger partial charge is 0.383 e. The van der Waals surface area contributed by atoms with E-state index in [4.69, 9.17) is 5.73 Å². The molecule has 3 aromatic heterocycles. The van der Waals surface area contributed by atoms with Crippen molar-refractivity contribution in [1.82, 2.24) is 29.5 Å². The van der Waals surface area contributed by atoms with Crippen LogP contribution in [0.1, 0.15) is 5.82 Å². The molecule has 0 fully saturated rings. The van der Waals surface area contributed by atoms with Gasteiger partial charge in [-0.3, -0.25) is 19.5 Å². The highest BCUT2D eigenvalue weighted by Crippen LogP contribution is 2.17. The molecule has 0 bridgehead atoms. The molecule has 3 heterocycles. The minimum Gasteiger partial charge on any atom is -0.383 e. The first-order valence-corrected chi connectivity index (χ1v) is 5.65. The zero-order chi connectivity index (χ0) is 14.3. The van der Waals surface area contributed by atoms with Crippen LogP contribution in [0, 0.1) is 10.1 Å². The summed E-state index contributed by atoms with van der Waals surface area (Å²) in [6.07, 6.45) is 4.08. The molecule has 0 saturated carbocycles. The molecule has 0 radical (unpaired) electrons. The Balaban J connectivity index is 1.97. The van der Waals surface area contributed by atoms with Crippen LogP contribution in [0.2, 0.25) is 0 Å². The van der Waals surface area contributed by atoms with Crippen molar-refractivity contribution in [3.63, 3.8) is 0 Å². The Labute approximate surface area is 112 Å². The number of aromatic nitrogens is 6. The van der Waals surface area contributed by atoms with E-state index in [1.165, 1.54) is 17.1 Å². The van der Waals surface area contributed by atoms with Crippen LogP contribution in [0.15, 0.2) is 18.6 Å². The van der Waals surface area contributed by atoms with E-state index in [-0.39, 0.29) is 12.2 Å². The lowest BCUT2D eigenvalue weighted by molar-refractivity contribution is -0.385. The highest BCUT2D eigenvalue weighted by Gasteiger charge is 2.12. The van der Waals surface area contributed by atoms with Crippen molar-refractivity contribution >= 4 is 22.5 Å². The van der Waals surface area contributed by atoms with Crippen LogP contribution in [-0.4, -0.2) is 34.5 Å². The number of nitrogen functional groups attached to an aromatic ring is 1. The van der Waals surface area contributed by atoms with E-state index >= 15 is 0 Å². The lowest BCUT2D eigenvalue weighted by Crippen LogP contribution is -2.08. The standard InChI is InChI=1S/C10H10N8O2/c1-16-10-7(3-12-16)9(11)14-8(15-10)5-17-4-6(2-13-17)18(19)20/h2-4H,5H2,1H3,(H2,11,14,15). The molecule has 3 aromatic rings. The summed E-state index contributed by atoms with van der Waals surface area (Å²) < 4.78 is 2.97. The van der Waals surface area contributed by atoms with Gasteiger partial charge in [-0.05, 0) is 0 Å². The van der Waals surface area contributed by atoms with Crippen LogP contribution in [0.4, 0.5) is 11.5 Å². The molecule has 0 aliphatic rings. The Hall–Kier alpha value is -3.04. The van der Waals surface area contributed by atoms with Gasteiger partial charge < -0.3 is 5.73 Å². The average Bonchev–Trinajstić information content (AvgIpc) is 2.98. The van der Waals surface area contributed by atoms with Gasteiger partial charge in [-0.1, -0.05) is 0 Å². The number of fused-ring (bicyclic) bond motifs is 1. The maximum absolute atomic E-state index is 10.6. The van der Waals surface area contributed by atoms with Crippen LogP contribution in [0.5, 0.6) is 0 Å². The van der Waals surface area contributed by atoms with E-state index in [0.717, 1.165) is 0 Å². The fourth-order valence-corrected chi connectivity index (χ4v) is 1.84. The maximum atomic E-state index is 10.6. The lowest BCUT2D eigenvalue weighted by Gasteiger charge is -2.03. The van der Waals surface area contributed by atoms with E-state index in [1.54, 1.807) is 17.9 Å². The van der Waals surface area contributed by atoms with Crippen LogP contribution < -0.4 is 5.73 Å². The number of nitro groups is 1. The van der Waals surface area contributed by atoms with Crippen molar-refractivity contribution < 1.29 is 4.92 Å². The monoisotopic (exact) mass is 274 g/mol. The molecule has 0 aliphatic heterocycles. The third-order valence-corrected chi connectivity index (χ3v) is 2.80. The highest BCUT2D eigenvalue weighted by atomic mass is 16.6. The van der Waals surface area contributed by atoms with E-state index in [0.29, 0.717) is 22.7 Å². The van der Waals surface area contributed by atoms with Crippen molar-refractivity contribution in [3.8, 4) is 0 Å². The summed E-state index contributed by atoms with van der Waals surface area (Å²) in [7, 11) is 1.75. The SMILES string of the molecule is Cn1ncc2c(N)nc(Cn3cc([N+](=O)[O-])cn3)nc21. The lowest BCUT2D eigenvalue weighted by atomic mass is 10.4. The van der Waals surface area contributed by atoms with Crippen LogP contribution >= 0.6 is 0 Å². The Kier molecular flexibility index (Phi) is 2.56. The van der Waals surface area contributed by atoms with Gasteiger partial charge in [0.2, 0.25) is 0 Å². The molecule has 0 atom stereocenters. The fraction of sp³-hybridized carbons (Fsp3) is 0.200. The minimum atomic E-state index is -0.511. The summed E-state index contributed by atoms with van der Waals surface area (Å²) in [4.78, 5) is 18.6. The van der Waals surface area contributed by atoms with E-state index < -0.39 is 4.92 Å². The van der Waals surface area contributed by atoms with Crippen molar-refractivity contribution in [2.24, 2.45) is 7.05 Å². The number of nitrogens with two attached hydrogens (primary N) is 1. The van der Waals surface area contributed by atoms with Gasteiger partial charge in [0.25, 0.3) is 0 Å². The van der Waals surface area contributed by atoms with Crippen molar-refractivity contribution in [2.45, 2.75) is 6.54 Å². The molecule has 0 amide bonds. The number of hydrogen-bond acceptors (Lipinski definition) is 7. The number of nitrogens with zero attached hydrogens (tertiary/aromatic N) is 7. The summed E-state index contributed by atoms with van der Waals surface area (Å²) in [6.45, 7) is 0.194. The first kappa shape index (κ1) is 12.0. The van der Waals surface area contributed by atoms with Crippen LogP contribution in [0.3, 0.4) is 0 Å². The first-order valence-electron chi connectivity index (χ1n) is 5.65. The molecule has 0 aromatic carbocycles. The van der Waals surface area contributed by atoms with Crippen molar-refractivity contribution in [1.29, 1.82) is 0 Å². The highest BCUT2D eigenvalue weighted by molar-refractivity contribution is 5.84. The zero-order valence-corrected chi connectivity index (χ0v) is 10.5. The molecule has 0 unspecified atom stereocenters. The molecule has 20 heavy (non-hydrogen) atoms. The summed E-state index contributed by atoms with van der Waals surface area (Å²) in [5, 5.41) is 19.2. The van der Waals surface area contributed by atoms with E-state index in [9.17, 15) is 10.1 Å². The van der Waals surface area contributed by atoms with Crippen LogP contribution in [-0.2, 0) is 13.6 Å². The quantitative estimate of drug-likeness (QED) is 0.529. The van der Waals surface area contributed by atoms with Gasteiger partial charge in [-0.2, -0.15) is 10.2 Å². The van der Waals surface area contributed by atoms with Crippen molar-refractivity contribution in [3.05, 3.63) is 34.5 Å². The number of anilines is 1. The first-order chi connectivity index (χ1) is 9.54. The topological polar surface area (TPSA) is 131 Å². The van der Waals surface area contributed by atoms with Gasteiger partial charge in [-0.25, -0.2) is 9.97 Å². The Morgan fingerprint density at radius 2 is 2.15 bits per heavy atom. The maximum Gasteiger partial charge on any atom is 0.307 e. The Bertz CT molecular complexity index is 805. The van der Waals surface area contributed by atoms with E-state index in [2.05, 4.69) is 20.2 Å². The molecule has 0 saturated heterocycles. The molecular formula is C10H10N8O2. The third kappa shape index (κ3) is 1.92. The molecule has 2 N–H and O–H groups in total. The Morgan fingerprint density at radius 3 is 2.85 bits per heavy atom. The summed E-state index contributed by atoms with van der Waals surface area (Å²) in [5.41, 5.74) is 6.36. The molecule has 10 heteroatoms. The second kappa shape index (κ2) is 4.26. The summed E-state index contributed by atoms with van der Waals surface area (Å²) in [5.74, 6) is 0.733. The predicted octanol–water partition coefficient (Wildman–Crippen LogP) is 0.0985. The molecular weight excluding hydrogens is 264 g/mol.